The van der Waals surface area contributed by atoms with E-state index in [9.17, 15) is 9.59 Å². The number of carbonyl (C=O) groups excluding carboxylic acids is 2. The van der Waals surface area contributed by atoms with E-state index >= 15 is 0 Å². The van der Waals surface area contributed by atoms with E-state index in [1.54, 1.807) is 13.1 Å². The van der Waals surface area contributed by atoms with Crippen LogP contribution in [0.2, 0.25) is 0 Å². The minimum atomic E-state index is -0.494. The monoisotopic (exact) mass is 441 g/mol. The van der Waals surface area contributed by atoms with Crippen LogP contribution in [0.25, 0.3) is 10.2 Å². The third kappa shape index (κ3) is 4.47. The largest absolute Gasteiger partial charge is 0.465 e. The Morgan fingerprint density at radius 2 is 2.03 bits per heavy atom. The van der Waals surface area contributed by atoms with E-state index in [-0.39, 0.29) is 5.91 Å². The molecule has 164 valence electrons. The number of hydrogen-bond donors (Lipinski definition) is 1. The number of esters is 1. The summed E-state index contributed by atoms with van der Waals surface area (Å²) in [6, 6.07) is 5.60. The third-order valence-corrected chi connectivity index (χ3v) is 6.80. The Morgan fingerprint density at radius 1 is 1.29 bits per heavy atom. The zero-order valence-corrected chi connectivity index (χ0v) is 19.1. The van der Waals surface area contributed by atoms with Gasteiger partial charge in [0.2, 0.25) is 0 Å². The molecule has 0 aliphatic carbocycles. The van der Waals surface area contributed by atoms with Crippen LogP contribution in [-0.4, -0.2) is 51.7 Å². The van der Waals surface area contributed by atoms with Crippen LogP contribution < -0.4 is 5.32 Å². The van der Waals surface area contributed by atoms with Crippen molar-refractivity contribution in [3.8, 4) is 0 Å². The first kappa shape index (κ1) is 21.5. The number of aryl methyl sites for hydroxylation is 2. The quantitative estimate of drug-likeness (QED) is 0.609. The van der Waals surface area contributed by atoms with Gasteiger partial charge in [-0.15, -0.1) is 11.3 Å². The van der Waals surface area contributed by atoms with Gasteiger partial charge in [0, 0.05) is 19.0 Å². The summed E-state index contributed by atoms with van der Waals surface area (Å²) in [6.07, 6.45) is 2.41. The lowest BCUT2D eigenvalue weighted by Gasteiger charge is -2.29. The van der Waals surface area contributed by atoms with Crippen LogP contribution >= 0.6 is 11.3 Å². The number of amides is 1. The molecule has 0 radical (unpaired) electrons. The molecule has 0 saturated carbocycles. The molecule has 4 rings (SSSR count). The lowest BCUT2D eigenvalue weighted by atomic mass is 9.99. The second-order valence-corrected chi connectivity index (χ2v) is 9.16. The average Bonchev–Trinajstić information content (AvgIpc) is 3.28. The molecule has 8 nitrogen and oxygen atoms in total. The molecule has 3 aromatic heterocycles. The van der Waals surface area contributed by atoms with Crippen LogP contribution in [0.5, 0.6) is 0 Å². The number of methoxy groups -OCH3 is 1. The van der Waals surface area contributed by atoms with Crippen molar-refractivity contribution in [3.63, 3.8) is 0 Å². The Labute approximate surface area is 185 Å². The Balaban J connectivity index is 1.64. The first-order valence-electron chi connectivity index (χ1n) is 10.4. The highest BCUT2D eigenvalue weighted by molar-refractivity contribution is 7.21. The Hall–Kier alpha value is -2.78. The molecule has 1 fully saturated rings. The molecule has 0 aromatic carbocycles. The molecule has 0 bridgehead atoms. The van der Waals surface area contributed by atoms with E-state index in [4.69, 9.17) is 9.72 Å². The Bertz CT molecular complexity index is 1130. The lowest BCUT2D eigenvalue weighted by Crippen LogP contribution is -2.32. The van der Waals surface area contributed by atoms with Crippen molar-refractivity contribution in [1.82, 2.24) is 19.7 Å². The van der Waals surface area contributed by atoms with Crippen LogP contribution in [0.15, 0.2) is 18.2 Å². The van der Waals surface area contributed by atoms with Crippen LogP contribution in [0.3, 0.4) is 0 Å². The van der Waals surface area contributed by atoms with Crippen LogP contribution in [-0.2, 0) is 18.3 Å². The number of nitrogens with one attached hydrogen (secondary N) is 1. The first-order chi connectivity index (χ1) is 14.9. The number of hydrogen-bond acceptors (Lipinski definition) is 7. The molecule has 1 amide bonds. The number of thiophene rings is 1. The highest BCUT2D eigenvalue weighted by atomic mass is 32.1. The third-order valence-electron chi connectivity index (χ3n) is 5.72. The molecular formula is C22H27N5O3S. The summed E-state index contributed by atoms with van der Waals surface area (Å²) in [6.45, 7) is 7.05. The van der Waals surface area contributed by atoms with Crippen molar-refractivity contribution in [2.45, 2.75) is 33.2 Å². The number of rotatable bonds is 5. The fourth-order valence-electron chi connectivity index (χ4n) is 3.92. The van der Waals surface area contributed by atoms with Crippen LogP contribution in [0.1, 0.15) is 51.3 Å². The fourth-order valence-corrected chi connectivity index (χ4v) is 4.98. The predicted octanol–water partition coefficient (Wildman–Crippen LogP) is 3.61. The standard InChI is InChI=1S/C22H27N5O3S/c1-13-7-9-27(10-8-13)12-15-5-6-16-18(19(22(29)30-4)31-21(16)23-15)24-20(28)17-11-14(2)25-26(17)3/h5-6,11,13H,7-10,12H2,1-4H3,(H,24,28). The molecule has 0 spiro atoms. The molecule has 4 heterocycles. The second kappa shape index (κ2) is 8.76. The van der Waals surface area contributed by atoms with Gasteiger partial charge in [-0.25, -0.2) is 9.78 Å². The van der Waals surface area contributed by atoms with Gasteiger partial charge in [-0.1, -0.05) is 6.92 Å². The highest BCUT2D eigenvalue weighted by Gasteiger charge is 2.24. The Kier molecular flexibility index (Phi) is 6.06. The lowest BCUT2D eigenvalue weighted by molar-refractivity contribution is 0.0607. The molecule has 3 aromatic rings. The summed E-state index contributed by atoms with van der Waals surface area (Å²) in [4.78, 5) is 33.5. The van der Waals surface area contributed by atoms with Gasteiger partial charge in [-0.3, -0.25) is 14.4 Å². The molecular weight excluding hydrogens is 414 g/mol. The van der Waals surface area contributed by atoms with Crippen molar-refractivity contribution in [1.29, 1.82) is 0 Å². The van der Waals surface area contributed by atoms with Gasteiger partial charge in [0.25, 0.3) is 5.91 Å². The normalized spacial score (nSPS) is 15.4. The molecule has 9 heteroatoms. The number of anilines is 1. The fraction of sp³-hybridized carbons (Fsp3) is 0.455. The van der Waals surface area contributed by atoms with Crippen molar-refractivity contribution >= 4 is 39.1 Å². The summed E-state index contributed by atoms with van der Waals surface area (Å²) in [7, 11) is 3.04. The highest BCUT2D eigenvalue weighted by Crippen LogP contribution is 2.36. The van der Waals surface area contributed by atoms with Gasteiger partial charge in [0.05, 0.1) is 24.2 Å². The van der Waals surface area contributed by atoms with E-state index in [0.717, 1.165) is 42.3 Å². The summed E-state index contributed by atoms with van der Waals surface area (Å²) in [5, 5.41) is 7.83. The number of fused-ring (bicyclic) bond motifs is 1. The number of aromatic nitrogens is 3. The molecule has 0 atom stereocenters. The van der Waals surface area contributed by atoms with Gasteiger partial charge in [0.1, 0.15) is 15.4 Å². The maximum absolute atomic E-state index is 12.9. The van der Waals surface area contributed by atoms with Crippen molar-refractivity contribution in [2.75, 3.05) is 25.5 Å². The topological polar surface area (TPSA) is 89.3 Å². The van der Waals surface area contributed by atoms with Gasteiger partial charge >= 0.3 is 5.97 Å². The summed E-state index contributed by atoms with van der Waals surface area (Å²) >= 11 is 1.24. The molecule has 1 N–H and O–H groups in total. The molecule has 1 aliphatic heterocycles. The van der Waals surface area contributed by atoms with Crippen LogP contribution in [0.4, 0.5) is 5.69 Å². The number of nitrogens with zero attached hydrogens (tertiary/aromatic N) is 4. The zero-order chi connectivity index (χ0) is 22.1. The molecule has 31 heavy (non-hydrogen) atoms. The van der Waals surface area contributed by atoms with Crippen molar-refractivity contribution in [2.24, 2.45) is 13.0 Å². The number of pyridine rings is 1. The number of carbonyl (C=O) groups is 2. The molecule has 1 aliphatic rings. The zero-order valence-electron chi connectivity index (χ0n) is 18.3. The maximum Gasteiger partial charge on any atom is 0.350 e. The number of likely N-dealkylation sites (tertiary alicyclic amines) is 1. The minimum Gasteiger partial charge on any atom is -0.465 e. The van der Waals surface area contributed by atoms with E-state index in [1.807, 2.05) is 19.1 Å². The van der Waals surface area contributed by atoms with Gasteiger partial charge < -0.3 is 10.1 Å². The van der Waals surface area contributed by atoms with Gasteiger partial charge in [-0.05, 0) is 57.0 Å². The predicted molar refractivity (Wildman–Crippen MR) is 121 cm³/mol. The van der Waals surface area contributed by atoms with Gasteiger partial charge in [-0.2, -0.15) is 5.10 Å². The number of piperidine rings is 1. The SMILES string of the molecule is COC(=O)c1sc2nc(CN3CCC(C)CC3)ccc2c1NC(=O)c1cc(C)nn1C. The minimum absolute atomic E-state index is 0.334. The molecule has 0 unspecified atom stereocenters. The summed E-state index contributed by atoms with van der Waals surface area (Å²) in [5.74, 6) is -0.0495. The summed E-state index contributed by atoms with van der Waals surface area (Å²) in [5.41, 5.74) is 2.55. The molecule has 1 saturated heterocycles. The van der Waals surface area contributed by atoms with Crippen molar-refractivity contribution < 1.29 is 14.3 Å². The second-order valence-electron chi connectivity index (χ2n) is 8.16. The van der Waals surface area contributed by atoms with E-state index in [1.165, 1.54) is 36.0 Å². The first-order valence-corrected chi connectivity index (χ1v) is 11.2. The maximum atomic E-state index is 12.9. The Morgan fingerprint density at radius 3 is 2.68 bits per heavy atom. The summed E-state index contributed by atoms with van der Waals surface area (Å²) < 4.78 is 6.47. The van der Waals surface area contributed by atoms with E-state index in [0.29, 0.717) is 21.1 Å². The average molecular weight is 442 g/mol. The van der Waals surface area contributed by atoms with Crippen molar-refractivity contribution in [3.05, 3.63) is 40.2 Å². The smallest absolute Gasteiger partial charge is 0.350 e. The van der Waals surface area contributed by atoms with E-state index < -0.39 is 5.97 Å². The number of ether oxygens (including phenoxy) is 1. The van der Waals surface area contributed by atoms with Gasteiger partial charge in [0.15, 0.2) is 0 Å². The van der Waals surface area contributed by atoms with E-state index in [2.05, 4.69) is 22.2 Å². The van der Waals surface area contributed by atoms with Crippen LogP contribution in [0, 0.1) is 12.8 Å².